The number of hydrogen-bond donors (Lipinski definition) is 3. The number of hydrogen-bond acceptors (Lipinski definition) is 9. The molecule has 13 heteroatoms. The van der Waals surface area contributed by atoms with Crippen molar-refractivity contribution in [1.29, 1.82) is 0 Å². The average molecular weight is 366 g/mol. The molecule has 1 aliphatic heterocycles. The largest absolute Gasteiger partial charge is 0.381 e. The zero-order valence-corrected chi connectivity index (χ0v) is 13.5. The third-order valence-electron chi connectivity index (χ3n) is 2.99. The molecule has 0 saturated carbocycles. The Morgan fingerprint density at radius 2 is 2.04 bits per heavy atom. The van der Waals surface area contributed by atoms with Crippen LogP contribution in [0, 0.1) is 10.1 Å². The quantitative estimate of drug-likeness (QED) is 0.350. The lowest BCUT2D eigenvalue weighted by Crippen LogP contribution is -2.37. The second-order valence-electron chi connectivity index (χ2n) is 4.88. The number of benzene rings is 1. The highest BCUT2D eigenvalue weighted by atomic mass is 32.2. The molecule has 128 valence electrons. The first-order chi connectivity index (χ1) is 10.5. The fourth-order valence-electron chi connectivity index (χ4n) is 1.99. The van der Waals surface area contributed by atoms with Crippen molar-refractivity contribution in [2.75, 3.05) is 30.0 Å². The van der Waals surface area contributed by atoms with E-state index < -0.39 is 41.7 Å². The van der Waals surface area contributed by atoms with Gasteiger partial charge in [0, 0.05) is 12.6 Å². The molecule has 0 radical (unpaired) electrons. The van der Waals surface area contributed by atoms with Crippen molar-refractivity contribution in [3.8, 4) is 0 Å². The van der Waals surface area contributed by atoms with Crippen LogP contribution in [-0.4, -0.2) is 47.2 Å². The molecule has 0 aromatic heterocycles. The standard InChI is InChI=1S/C10H14N4O7S2/c1-22(17,18)21-5-6-4-12-8-2-7(23(11,19)20)3-9(14(15)16)10(8)13-6/h2-3,6,12-13H,4-5H2,1H3,(H2,11,19,20)/t6-/m0/s1. The molecule has 1 atom stereocenters. The Bertz CT molecular complexity index is 850. The number of anilines is 2. The van der Waals surface area contributed by atoms with Gasteiger partial charge in [-0.25, -0.2) is 13.6 Å². The first kappa shape index (κ1) is 17.4. The van der Waals surface area contributed by atoms with Crippen molar-refractivity contribution in [2.45, 2.75) is 10.9 Å². The second-order valence-corrected chi connectivity index (χ2v) is 8.08. The normalized spacial score (nSPS) is 17.7. The lowest BCUT2D eigenvalue weighted by molar-refractivity contribution is -0.384. The molecule has 2 rings (SSSR count). The number of sulfonamides is 1. The van der Waals surface area contributed by atoms with E-state index in [1.807, 2.05) is 0 Å². The van der Waals surface area contributed by atoms with Crippen LogP contribution in [0.1, 0.15) is 0 Å². The van der Waals surface area contributed by atoms with Gasteiger partial charge in [0.2, 0.25) is 10.0 Å². The molecular weight excluding hydrogens is 352 g/mol. The summed E-state index contributed by atoms with van der Waals surface area (Å²) >= 11 is 0. The monoisotopic (exact) mass is 366 g/mol. The van der Waals surface area contributed by atoms with E-state index >= 15 is 0 Å². The summed E-state index contributed by atoms with van der Waals surface area (Å²) in [5.41, 5.74) is -0.280. The molecule has 1 heterocycles. The number of primary sulfonamides is 1. The van der Waals surface area contributed by atoms with Crippen molar-refractivity contribution >= 4 is 37.2 Å². The molecule has 4 N–H and O–H groups in total. The van der Waals surface area contributed by atoms with Crippen LogP contribution in [0.4, 0.5) is 17.1 Å². The smallest absolute Gasteiger partial charge is 0.295 e. The van der Waals surface area contributed by atoms with Gasteiger partial charge in [-0.1, -0.05) is 0 Å². The number of rotatable bonds is 5. The van der Waals surface area contributed by atoms with E-state index in [1.165, 1.54) is 0 Å². The molecule has 0 bridgehead atoms. The summed E-state index contributed by atoms with van der Waals surface area (Å²) in [5, 5.41) is 21.7. The first-order valence-electron chi connectivity index (χ1n) is 6.17. The minimum Gasteiger partial charge on any atom is -0.381 e. The van der Waals surface area contributed by atoms with E-state index in [-0.39, 0.29) is 24.5 Å². The van der Waals surface area contributed by atoms with Gasteiger partial charge in [-0.2, -0.15) is 8.42 Å². The Hall–Kier alpha value is -1.96. The molecular formula is C10H14N4O7S2. The van der Waals surface area contributed by atoms with Crippen LogP contribution < -0.4 is 15.8 Å². The lowest BCUT2D eigenvalue weighted by atomic mass is 10.1. The van der Waals surface area contributed by atoms with E-state index in [1.54, 1.807) is 0 Å². The minimum atomic E-state index is -4.11. The molecule has 0 amide bonds. The predicted molar refractivity (Wildman–Crippen MR) is 81.2 cm³/mol. The van der Waals surface area contributed by atoms with Gasteiger partial charge in [0.05, 0.1) is 34.4 Å². The maximum atomic E-state index is 11.4. The minimum absolute atomic E-state index is 0.0377. The van der Waals surface area contributed by atoms with Crippen LogP contribution in [0.15, 0.2) is 17.0 Å². The van der Waals surface area contributed by atoms with E-state index in [2.05, 4.69) is 14.8 Å². The van der Waals surface area contributed by atoms with Gasteiger partial charge < -0.3 is 10.6 Å². The van der Waals surface area contributed by atoms with Gasteiger partial charge in [-0.15, -0.1) is 0 Å². The van der Waals surface area contributed by atoms with Gasteiger partial charge in [0.1, 0.15) is 5.69 Å². The van der Waals surface area contributed by atoms with Gasteiger partial charge in [0.25, 0.3) is 15.8 Å². The summed E-state index contributed by atoms with van der Waals surface area (Å²) in [6, 6.07) is 1.44. The van der Waals surface area contributed by atoms with E-state index in [4.69, 9.17) is 5.14 Å². The maximum absolute atomic E-state index is 11.4. The van der Waals surface area contributed by atoms with Crippen LogP contribution in [0.5, 0.6) is 0 Å². The molecule has 0 fully saturated rings. The Kier molecular flexibility index (Phi) is 4.48. The molecule has 1 aromatic carbocycles. The van der Waals surface area contributed by atoms with E-state index in [0.29, 0.717) is 0 Å². The SMILES string of the molecule is CS(=O)(=O)OC[C@@H]1CNc2cc(S(N)(=O)=O)cc([N+](=O)[O-])c2N1. The Morgan fingerprint density at radius 3 is 2.57 bits per heavy atom. The predicted octanol–water partition coefficient (Wildman–Crippen LogP) is -0.576. The Morgan fingerprint density at radius 1 is 1.39 bits per heavy atom. The summed E-state index contributed by atoms with van der Waals surface area (Å²) in [6.45, 7) is -0.0624. The number of nitrogens with one attached hydrogen (secondary N) is 2. The lowest BCUT2D eigenvalue weighted by Gasteiger charge is -2.27. The highest BCUT2D eigenvalue weighted by molar-refractivity contribution is 7.89. The number of nitro groups is 1. The zero-order chi connectivity index (χ0) is 17.4. The summed E-state index contributed by atoms with van der Waals surface area (Å²) in [7, 11) is -7.76. The third kappa shape index (κ3) is 4.28. The van der Waals surface area contributed by atoms with Crippen LogP contribution in [0.2, 0.25) is 0 Å². The van der Waals surface area contributed by atoms with Gasteiger partial charge in [-0.3, -0.25) is 14.3 Å². The molecule has 11 nitrogen and oxygen atoms in total. The summed E-state index contributed by atoms with van der Waals surface area (Å²) in [5.74, 6) is 0. The van der Waals surface area contributed by atoms with Crippen LogP contribution in [0.25, 0.3) is 0 Å². The van der Waals surface area contributed by atoms with Gasteiger partial charge in [0.15, 0.2) is 0 Å². The topological polar surface area (TPSA) is 171 Å². The number of nitro benzene ring substituents is 1. The molecule has 0 saturated heterocycles. The van der Waals surface area contributed by atoms with E-state index in [0.717, 1.165) is 18.4 Å². The fraction of sp³-hybridized carbons (Fsp3) is 0.400. The fourth-order valence-corrected chi connectivity index (χ4v) is 2.96. The summed E-state index contributed by atoms with van der Waals surface area (Å²) in [4.78, 5) is 9.99. The number of nitrogens with two attached hydrogens (primary N) is 1. The van der Waals surface area contributed by atoms with E-state index in [9.17, 15) is 26.9 Å². The highest BCUT2D eigenvalue weighted by Crippen LogP contribution is 2.37. The average Bonchev–Trinajstić information content (AvgIpc) is 2.41. The number of fused-ring (bicyclic) bond motifs is 1. The molecule has 0 spiro atoms. The van der Waals surface area contributed by atoms with Crippen LogP contribution in [0.3, 0.4) is 0 Å². The molecule has 0 unspecified atom stereocenters. The van der Waals surface area contributed by atoms with Crippen LogP contribution in [-0.2, 0) is 24.3 Å². The molecule has 0 aliphatic carbocycles. The third-order valence-corrected chi connectivity index (χ3v) is 4.44. The second kappa shape index (κ2) is 5.92. The summed E-state index contributed by atoms with van der Waals surface area (Å²) in [6.07, 6.45) is 0.887. The van der Waals surface area contributed by atoms with Crippen LogP contribution >= 0.6 is 0 Å². The van der Waals surface area contributed by atoms with Gasteiger partial charge in [-0.05, 0) is 6.07 Å². The first-order valence-corrected chi connectivity index (χ1v) is 9.54. The van der Waals surface area contributed by atoms with Crippen molar-refractivity contribution in [3.63, 3.8) is 0 Å². The van der Waals surface area contributed by atoms with Crippen molar-refractivity contribution < 1.29 is 25.9 Å². The maximum Gasteiger partial charge on any atom is 0.295 e. The molecule has 23 heavy (non-hydrogen) atoms. The molecule has 1 aliphatic rings. The summed E-state index contributed by atoms with van der Waals surface area (Å²) < 4.78 is 49.4. The van der Waals surface area contributed by atoms with Gasteiger partial charge >= 0.3 is 0 Å². The Labute approximate surface area is 132 Å². The number of nitrogens with zero attached hydrogens (tertiary/aromatic N) is 1. The highest BCUT2D eigenvalue weighted by Gasteiger charge is 2.29. The molecule has 1 aromatic rings. The van der Waals surface area contributed by atoms with Crippen molar-refractivity contribution in [3.05, 3.63) is 22.2 Å². The van der Waals surface area contributed by atoms with Crippen molar-refractivity contribution in [2.24, 2.45) is 5.14 Å². The van der Waals surface area contributed by atoms with Crippen molar-refractivity contribution in [1.82, 2.24) is 0 Å². The zero-order valence-electron chi connectivity index (χ0n) is 11.8. The Balaban J connectivity index is 2.37.